The molecular weight excluding hydrogens is 227 g/mol. The Morgan fingerprint density at radius 1 is 1.17 bits per heavy atom. The quantitative estimate of drug-likeness (QED) is 0.703. The van der Waals surface area contributed by atoms with Crippen LogP contribution in [0.5, 0.6) is 0 Å². The second kappa shape index (κ2) is 4.08. The third kappa shape index (κ3) is 2.14. The fourth-order valence-corrected chi connectivity index (χ4v) is 1.87. The monoisotopic (exact) mass is 244 g/mol. The van der Waals surface area contributed by atoms with E-state index in [1.807, 2.05) is 40.7 Å². The Hall–Kier alpha value is -1.38. The van der Waals surface area contributed by atoms with Gasteiger partial charge in [-0.05, 0) is 52.2 Å². The zero-order valence-corrected chi connectivity index (χ0v) is 11.4. The largest absolute Gasteiger partial charge is 0.495 e. The number of nitriles is 1. The number of nitrogens with zero attached hydrogens (tertiary/aromatic N) is 2. The van der Waals surface area contributed by atoms with Gasteiger partial charge in [-0.15, -0.1) is 0 Å². The van der Waals surface area contributed by atoms with Crippen molar-refractivity contribution in [2.45, 2.75) is 45.8 Å². The summed E-state index contributed by atoms with van der Waals surface area (Å²) in [5.41, 5.74) is 1.28. The Labute approximate surface area is 108 Å². The van der Waals surface area contributed by atoms with Gasteiger partial charge < -0.3 is 9.31 Å². The molecule has 1 fully saturated rings. The molecule has 4 nitrogen and oxygen atoms in total. The van der Waals surface area contributed by atoms with E-state index >= 15 is 0 Å². The minimum absolute atomic E-state index is 0.373. The molecule has 1 aromatic heterocycles. The lowest BCUT2D eigenvalue weighted by Crippen LogP contribution is -2.41. The van der Waals surface area contributed by atoms with E-state index in [-0.39, 0.29) is 11.2 Å². The first kappa shape index (κ1) is 13.1. The van der Waals surface area contributed by atoms with Gasteiger partial charge in [-0.2, -0.15) is 5.26 Å². The lowest BCUT2D eigenvalue weighted by molar-refractivity contribution is 0.00578. The number of rotatable bonds is 1. The lowest BCUT2D eigenvalue weighted by Gasteiger charge is -2.32. The number of pyridine rings is 1. The fourth-order valence-electron chi connectivity index (χ4n) is 1.87. The first-order valence-electron chi connectivity index (χ1n) is 5.99. The van der Waals surface area contributed by atoms with Gasteiger partial charge in [0.25, 0.3) is 0 Å². The van der Waals surface area contributed by atoms with E-state index in [9.17, 15) is 0 Å². The molecule has 1 aliphatic heterocycles. The molecule has 0 aromatic carbocycles. The summed E-state index contributed by atoms with van der Waals surface area (Å²) in [6.45, 7) is 9.88. The molecule has 0 bridgehead atoms. The van der Waals surface area contributed by atoms with E-state index in [1.54, 1.807) is 6.07 Å². The number of hydrogen-bond donors (Lipinski definition) is 0. The Morgan fingerprint density at radius 3 is 2.22 bits per heavy atom. The summed E-state index contributed by atoms with van der Waals surface area (Å²) in [6, 6.07) is 5.66. The average molecular weight is 244 g/mol. The molecule has 0 amide bonds. The number of aromatic nitrogens is 1. The van der Waals surface area contributed by atoms with E-state index in [4.69, 9.17) is 14.6 Å². The van der Waals surface area contributed by atoms with Crippen LogP contribution in [-0.2, 0) is 9.31 Å². The molecule has 1 aromatic rings. The summed E-state index contributed by atoms with van der Waals surface area (Å²) in [5.74, 6) is 0. The molecule has 18 heavy (non-hydrogen) atoms. The molecule has 0 saturated carbocycles. The maximum absolute atomic E-state index is 8.94. The molecule has 1 aliphatic rings. The minimum Gasteiger partial charge on any atom is -0.399 e. The van der Waals surface area contributed by atoms with Crippen molar-refractivity contribution in [3.8, 4) is 6.07 Å². The van der Waals surface area contributed by atoms with Crippen LogP contribution in [0, 0.1) is 18.3 Å². The van der Waals surface area contributed by atoms with Crippen LogP contribution in [0.4, 0.5) is 0 Å². The maximum atomic E-state index is 8.94. The highest BCUT2D eigenvalue weighted by Crippen LogP contribution is 2.36. The predicted octanol–water partition coefficient (Wildman–Crippen LogP) is 1.56. The zero-order chi connectivity index (χ0) is 13.6. The third-order valence-electron chi connectivity index (χ3n) is 3.62. The highest BCUT2D eigenvalue weighted by atomic mass is 16.7. The van der Waals surface area contributed by atoms with Gasteiger partial charge in [-0.3, -0.25) is 0 Å². The lowest BCUT2D eigenvalue weighted by atomic mass is 9.79. The summed E-state index contributed by atoms with van der Waals surface area (Å²) < 4.78 is 11.9. The third-order valence-corrected chi connectivity index (χ3v) is 3.62. The van der Waals surface area contributed by atoms with Crippen molar-refractivity contribution in [3.05, 3.63) is 23.5 Å². The van der Waals surface area contributed by atoms with Crippen LogP contribution in [-0.4, -0.2) is 23.3 Å². The molecule has 94 valence electrons. The molecule has 0 unspecified atom stereocenters. The van der Waals surface area contributed by atoms with Crippen LogP contribution < -0.4 is 5.46 Å². The Morgan fingerprint density at radius 2 is 1.72 bits per heavy atom. The van der Waals surface area contributed by atoms with E-state index in [0.29, 0.717) is 5.69 Å². The van der Waals surface area contributed by atoms with Crippen LogP contribution in [0.1, 0.15) is 39.1 Å². The molecule has 0 spiro atoms. The molecule has 0 atom stereocenters. The second-order valence-electron chi connectivity index (χ2n) is 5.63. The van der Waals surface area contributed by atoms with Crippen LogP contribution in [0.3, 0.4) is 0 Å². The van der Waals surface area contributed by atoms with Gasteiger partial charge in [0.1, 0.15) is 11.8 Å². The molecule has 0 radical (unpaired) electrons. The molecule has 1 saturated heterocycles. The van der Waals surface area contributed by atoms with Crippen LogP contribution in [0.2, 0.25) is 0 Å². The predicted molar refractivity (Wildman–Crippen MR) is 69.4 cm³/mol. The SMILES string of the molecule is Cc1cc(B2OC(C)(C)C(C)(C)O2)cc(C#N)n1. The average Bonchev–Trinajstić information content (AvgIpc) is 2.47. The second-order valence-corrected chi connectivity index (χ2v) is 5.63. The van der Waals surface area contributed by atoms with Crippen molar-refractivity contribution in [1.82, 2.24) is 4.98 Å². The Balaban J connectivity index is 2.36. The van der Waals surface area contributed by atoms with Gasteiger partial charge in [0.15, 0.2) is 0 Å². The van der Waals surface area contributed by atoms with Gasteiger partial charge >= 0.3 is 7.12 Å². The summed E-state index contributed by atoms with van der Waals surface area (Å²) in [5, 5.41) is 8.94. The molecule has 2 heterocycles. The molecular formula is C13H17BN2O2. The van der Waals surface area contributed by atoms with Crippen LogP contribution in [0.25, 0.3) is 0 Å². The van der Waals surface area contributed by atoms with Gasteiger partial charge in [-0.25, -0.2) is 4.98 Å². The normalized spacial score (nSPS) is 20.8. The topological polar surface area (TPSA) is 55.1 Å². The molecule has 0 N–H and O–H groups in total. The van der Waals surface area contributed by atoms with Gasteiger partial charge in [0.2, 0.25) is 0 Å². The van der Waals surface area contributed by atoms with E-state index in [0.717, 1.165) is 11.2 Å². The van der Waals surface area contributed by atoms with Gasteiger partial charge in [0.05, 0.1) is 11.2 Å². The molecule has 2 rings (SSSR count). The first-order valence-corrected chi connectivity index (χ1v) is 5.99. The number of hydrogen-bond acceptors (Lipinski definition) is 4. The van der Waals surface area contributed by atoms with E-state index in [2.05, 4.69) is 11.1 Å². The maximum Gasteiger partial charge on any atom is 0.495 e. The minimum atomic E-state index is -0.441. The summed E-state index contributed by atoms with van der Waals surface area (Å²) in [6.07, 6.45) is 0. The standard InChI is InChI=1S/C13H17BN2O2/c1-9-6-10(7-11(8-15)16-9)14-17-12(2,3)13(4,5)18-14/h6-7H,1-5H3. The van der Waals surface area contributed by atoms with Crippen molar-refractivity contribution in [2.24, 2.45) is 0 Å². The number of aryl methyl sites for hydroxylation is 1. The van der Waals surface area contributed by atoms with Crippen LogP contribution in [0.15, 0.2) is 12.1 Å². The summed E-state index contributed by atoms with van der Waals surface area (Å²) in [4.78, 5) is 4.12. The first-order chi connectivity index (χ1) is 8.25. The van der Waals surface area contributed by atoms with E-state index in [1.165, 1.54) is 0 Å². The Kier molecular flexibility index (Phi) is 2.96. The van der Waals surface area contributed by atoms with Gasteiger partial charge in [0, 0.05) is 5.69 Å². The highest BCUT2D eigenvalue weighted by Gasteiger charge is 2.51. The summed E-state index contributed by atoms with van der Waals surface area (Å²) >= 11 is 0. The Bertz CT molecular complexity index is 504. The zero-order valence-electron chi connectivity index (χ0n) is 11.4. The summed E-state index contributed by atoms with van der Waals surface area (Å²) in [7, 11) is -0.441. The van der Waals surface area contributed by atoms with Crippen molar-refractivity contribution >= 4 is 12.6 Å². The van der Waals surface area contributed by atoms with Crippen molar-refractivity contribution in [1.29, 1.82) is 5.26 Å². The highest BCUT2D eigenvalue weighted by molar-refractivity contribution is 6.62. The van der Waals surface area contributed by atoms with E-state index < -0.39 is 7.12 Å². The molecule has 0 aliphatic carbocycles. The van der Waals surface area contributed by atoms with Crippen molar-refractivity contribution in [2.75, 3.05) is 0 Å². The van der Waals surface area contributed by atoms with Gasteiger partial charge in [-0.1, -0.05) is 0 Å². The van der Waals surface area contributed by atoms with Crippen molar-refractivity contribution in [3.63, 3.8) is 0 Å². The fraction of sp³-hybridized carbons (Fsp3) is 0.538. The molecule has 5 heteroatoms. The van der Waals surface area contributed by atoms with Crippen molar-refractivity contribution < 1.29 is 9.31 Å². The van der Waals surface area contributed by atoms with Crippen LogP contribution >= 0.6 is 0 Å². The smallest absolute Gasteiger partial charge is 0.399 e.